The second kappa shape index (κ2) is 7.11. The molecule has 27 heavy (non-hydrogen) atoms. The highest BCUT2D eigenvalue weighted by Gasteiger charge is 2.21. The zero-order chi connectivity index (χ0) is 18.8. The molecule has 0 radical (unpaired) electrons. The Morgan fingerprint density at radius 3 is 2.56 bits per heavy atom. The summed E-state index contributed by atoms with van der Waals surface area (Å²) in [5.41, 5.74) is 3.04. The number of nitrogens with zero attached hydrogens (tertiary/aromatic N) is 3. The number of hydrogen-bond donors (Lipinski definition) is 0. The van der Waals surface area contributed by atoms with Gasteiger partial charge in [-0.3, -0.25) is 9.78 Å². The van der Waals surface area contributed by atoms with Gasteiger partial charge in [-0.25, -0.2) is 0 Å². The summed E-state index contributed by atoms with van der Waals surface area (Å²) in [4.78, 5) is 18.5. The molecule has 0 N–H and O–H groups in total. The molecule has 138 valence electrons. The fourth-order valence-corrected chi connectivity index (χ4v) is 2.98. The maximum atomic E-state index is 12.9. The number of pyridine rings is 1. The van der Waals surface area contributed by atoms with Crippen molar-refractivity contribution in [3.05, 3.63) is 59.6 Å². The molecule has 0 fully saturated rings. The van der Waals surface area contributed by atoms with E-state index >= 15 is 0 Å². The molecular weight excluding hydrogens is 346 g/mol. The number of ether oxygens (including phenoxy) is 2. The largest absolute Gasteiger partial charge is 0.486 e. The van der Waals surface area contributed by atoms with Gasteiger partial charge in [0.1, 0.15) is 18.9 Å². The Kier molecular flexibility index (Phi) is 4.50. The maximum absolute atomic E-state index is 12.9. The monoisotopic (exact) mass is 365 g/mol. The van der Waals surface area contributed by atoms with Crippen LogP contribution in [0.2, 0.25) is 0 Å². The van der Waals surface area contributed by atoms with Crippen LogP contribution in [0, 0.1) is 6.92 Å². The highest BCUT2D eigenvalue weighted by atomic mass is 16.6. The van der Waals surface area contributed by atoms with Gasteiger partial charge in [-0.2, -0.15) is 0 Å². The smallest absolute Gasteiger partial charge is 0.254 e. The van der Waals surface area contributed by atoms with Crippen LogP contribution < -0.4 is 9.47 Å². The van der Waals surface area contributed by atoms with Crippen molar-refractivity contribution in [1.82, 2.24) is 15.0 Å². The zero-order valence-corrected chi connectivity index (χ0v) is 15.1. The summed E-state index contributed by atoms with van der Waals surface area (Å²) in [6.07, 6.45) is 3.40. The van der Waals surface area contributed by atoms with Crippen molar-refractivity contribution in [3.63, 3.8) is 0 Å². The topological polar surface area (TPSA) is 77.7 Å². The summed E-state index contributed by atoms with van der Waals surface area (Å²) in [5, 5.41) is 4.07. The van der Waals surface area contributed by atoms with Crippen LogP contribution in [0.25, 0.3) is 11.3 Å². The van der Waals surface area contributed by atoms with E-state index in [4.69, 9.17) is 14.0 Å². The molecule has 0 unspecified atom stereocenters. The lowest BCUT2D eigenvalue weighted by Gasteiger charge is -2.22. The maximum Gasteiger partial charge on any atom is 0.254 e. The first kappa shape index (κ1) is 17.1. The molecule has 0 saturated carbocycles. The highest BCUT2D eigenvalue weighted by Crippen LogP contribution is 2.33. The lowest BCUT2D eigenvalue weighted by atomic mass is 10.1. The van der Waals surface area contributed by atoms with Crippen LogP contribution in [0.3, 0.4) is 0 Å². The molecule has 0 bridgehead atoms. The van der Waals surface area contributed by atoms with Crippen LogP contribution in [0.4, 0.5) is 0 Å². The second-order valence-corrected chi connectivity index (χ2v) is 6.39. The average Bonchev–Trinajstić information content (AvgIpc) is 3.16. The minimum atomic E-state index is -0.119. The molecule has 0 spiro atoms. The minimum absolute atomic E-state index is 0.119. The van der Waals surface area contributed by atoms with E-state index in [9.17, 15) is 4.79 Å². The quantitative estimate of drug-likeness (QED) is 0.707. The summed E-state index contributed by atoms with van der Waals surface area (Å²) in [6.45, 7) is 3.19. The molecule has 3 aromatic rings. The molecule has 0 saturated heterocycles. The SMILES string of the molecule is Cc1cc2c(cc1C(=O)N(C)Cc1cc(-c3ccncc3)no1)OCCO2. The summed E-state index contributed by atoms with van der Waals surface area (Å²) < 4.78 is 16.5. The molecule has 7 nitrogen and oxygen atoms in total. The van der Waals surface area contributed by atoms with Gasteiger partial charge in [-0.15, -0.1) is 0 Å². The number of benzene rings is 1. The van der Waals surface area contributed by atoms with E-state index < -0.39 is 0 Å². The number of aryl methyl sites for hydroxylation is 1. The van der Waals surface area contributed by atoms with Gasteiger partial charge in [0.2, 0.25) is 0 Å². The molecule has 0 aliphatic carbocycles. The van der Waals surface area contributed by atoms with E-state index in [-0.39, 0.29) is 5.91 Å². The molecular formula is C20H19N3O4. The third kappa shape index (κ3) is 3.48. The Morgan fingerprint density at radius 2 is 1.81 bits per heavy atom. The summed E-state index contributed by atoms with van der Waals surface area (Å²) in [6, 6.07) is 9.12. The van der Waals surface area contributed by atoms with E-state index in [0.29, 0.717) is 48.3 Å². The van der Waals surface area contributed by atoms with Gasteiger partial charge < -0.3 is 18.9 Å². The number of carbonyl (C=O) groups excluding carboxylic acids is 1. The number of carbonyl (C=O) groups is 1. The fourth-order valence-electron chi connectivity index (χ4n) is 2.98. The third-order valence-electron chi connectivity index (χ3n) is 4.39. The first-order valence-electron chi connectivity index (χ1n) is 8.63. The first-order chi connectivity index (χ1) is 13.1. The van der Waals surface area contributed by atoms with E-state index in [0.717, 1.165) is 11.1 Å². The zero-order valence-electron chi connectivity index (χ0n) is 15.1. The normalized spacial score (nSPS) is 12.7. The number of amides is 1. The van der Waals surface area contributed by atoms with Gasteiger partial charge in [-0.1, -0.05) is 5.16 Å². The standard InChI is InChI=1S/C20H19N3O4/c1-13-9-18-19(26-8-7-25-18)11-16(13)20(24)23(2)12-15-10-17(22-27-15)14-3-5-21-6-4-14/h3-6,9-11H,7-8,12H2,1-2H3. The Labute approximate surface area is 156 Å². The highest BCUT2D eigenvalue weighted by molar-refractivity contribution is 5.96. The van der Waals surface area contributed by atoms with Crippen molar-refractivity contribution >= 4 is 5.91 Å². The predicted octanol–water partition coefficient (Wildman–Crippen LogP) is 3.09. The molecule has 1 amide bonds. The molecule has 4 rings (SSSR count). The third-order valence-corrected chi connectivity index (χ3v) is 4.39. The van der Waals surface area contributed by atoms with Crippen LogP contribution >= 0.6 is 0 Å². The van der Waals surface area contributed by atoms with Gasteiger partial charge >= 0.3 is 0 Å². The first-order valence-corrected chi connectivity index (χ1v) is 8.63. The van der Waals surface area contributed by atoms with Gasteiger partial charge in [0, 0.05) is 36.6 Å². The van der Waals surface area contributed by atoms with Crippen molar-refractivity contribution in [1.29, 1.82) is 0 Å². The molecule has 1 aliphatic heterocycles. The van der Waals surface area contributed by atoms with Crippen LogP contribution in [0.1, 0.15) is 21.7 Å². The van der Waals surface area contributed by atoms with Crippen LogP contribution in [-0.2, 0) is 6.54 Å². The van der Waals surface area contributed by atoms with E-state index in [1.165, 1.54) is 0 Å². The van der Waals surface area contributed by atoms with Gasteiger partial charge in [0.05, 0.1) is 6.54 Å². The number of rotatable bonds is 4. The van der Waals surface area contributed by atoms with E-state index in [1.54, 1.807) is 30.4 Å². The van der Waals surface area contributed by atoms with Crippen molar-refractivity contribution in [3.8, 4) is 22.8 Å². The summed E-state index contributed by atoms with van der Waals surface area (Å²) in [7, 11) is 1.73. The van der Waals surface area contributed by atoms with Gasteiger partial charge in [0.25, 0.3) is 5.91 Å². The Hall–Kier alpha value is -3.35. The number of aromatic nitrogens is 2. The van der Waals surface area contributed by atoms with Crippen molar-refractivity contribution in [2.75, 3.05) is 20.3 Å². The molecule has 1 aromatic carbocycles. The summed E-state index contributed by atoms with van der Waals surface area (Å²) in [5.74, 6) is 1.76. The van der Waals surface area contributed by atoms with E-state index in [2.05, 4.69) is 10.1 Å². The van der Waals surface area contributed by atoms with Crippen LogP contribution in [0.15, 0.2) is 47.2 Å². The minimum Gasteiger partial charge on any atom is -0.486 e. The number of fused-ring (bicyclic) bond motifs is 1. The Balaban J connectivity index is 1.51. The van der Waals surface area contributed by atoms with Crippen LogP contribution in [-0.4, -0.2) is 41.2 Å². The Morgan fingerprint density at radius 1 is 1.11 bits per heavy atom. The molecule has 3 heterocycles. The van der Waals surface area contributed by atoms with Gasteiger partial charge in [0.15, 0.2) is 17.3 Å². The Bertz CT molecular complexity index is 969. The van der Waals surface area contributed by atoms with Crippen molar-refractivity contribution in [2.24, 2.45) is 0 Å². The average molecular weight is 365 g/mol. The molecule has 1 aliphatic rings. The molecule has 2 aromatic heterocycles. The fraction of sp³-hybridized carbons (Fsp3) is 0.250. The molecule has 0 atom stereocenters. The predicted molar refractivity (Wildman–Crippen MR) is 97.7 cm³/mol. The second-order valence-electron chi connectivity index (χ2n) is 6.39. The van der Waals surface area contributed by atoms with Gasteiger partial charge in [-0.05, 0) is 36.8 Å². The molecule has 7 heteroatoms. The van der Waals surface area contributed by atoms with Crippen molar-refractivity contribution < 1.29 is 18.8 Å². The lowest BCUT2D eigenvalue weighted by molar-refractivity contribution is 0.0770. The number of hydrogen-bond acceptors (Lipinski definition) is 6. The lowest BCUT2D eigenvalue weighted by Crippen LogP contribution is -2.27. The van der Waals surface area contributed by atoms with Crippen molar-refractivity contribution in [2.45, 2.75) is 13.5 Å². The summed E-state index contributed by atoms with van der Waals surface area (Å²) >= 11 is 0. The van der Waals surface area contributed by atoms with E-state index in [1.807, 2.05) is 31.2 Å². The van der Waals surface area contributed by atoms with Crippen LogP contribution in [0.5, 0.6) is 11.5 Å².